The van der Waals surface area contributed by atoms with Crippen molar-refractivity contribution in [1.82, 2.24) is 4.98 Å². The minimum Gasteiger partial charge on any atom is -0.370 e. The summed E-state index contributed by atoms with van der Waals surface area (Å²) in [6, 6.07) is 0. The van der Waals surface area contributed by atoms with Crippen LogP contribution in [0.4, 0.5) is 5.69 Å². The fourth-order valence-electron chi connectivity index (χ4n) is 2.17. The zero-order valence-electron chi connectivity index (χ0n) is 9.39. The van der Waals surface area contributed by atoms with Crippen molar-refractivity contribution in [2.45, 2.75) is 33.1 Å². The molecule has 2 rings (SSSR count). The summed E-state index contributed by atoms with van der Waals surface area (Å²) in [5.41, 5.74) is 3.80. The van der Waals surface area contributed by atoms with Crippen molar-refractivity contribution in [2.24, 2.45) is 0 Å². The second-order valence-electron chi connectivity index (χ2n) is 4.21. The lowest BCUT2D eigenvalue weighted by atomic mass is 10.1. The third-order valence-electron chi connectivity index (χ3n) is 3.17. The summed E-state index contributed by atoms with van der Waals surface area (Å²) in [6.45, 7) is 6.61. The smallest absolute Gasteiger partial charge is 0.0595 e. The highest BCUT2D eigenvalue weighted by Gasteiger charge is 2.16. The molecule has 0 atom stereocenters. The maximum atomic E-state index is 4.36. The van der Waals surface area contributed by atoms with Crippen LogP contribution in [0.3, 0.4) is 0 Å². The number of piperidine rings is 1. The molecule has 0 aliphatic carbocycles. The Labute approximate surface area is 99.8 Å². The molecule has 1 fully saturated rings. The first kappa shape index (κ1) is 10.9. The lowest BCUT2D eigenvalue weighted by Crippen LogP contribution is -2.30. The second-order valence-corrected chi connectivity index (χ2v) is 5.07. The third-order valence-corrected chi connectivity index (χ3v) is 3.75. The summed E-state index contributed by atoms with van der Waals surface area (Å²) in [5, 5.41) is 0. The van der Waals surface area contributed by atoms with E-state index < -0.39 is 0 Å². The molecule has 3 heteroatoms. The van der Waals surface area contributed by atoms with E-state index in [2.05, 4.69) is 39.7 Å². The zero-order valence-corrected chi connectivity index (χ0v) is 11.0. The zero-order chi connectivity index (χ0) is 10.8. The number of rotatable bonds is 1. The number of aromatic nitrogens is 1. The van der Waals surface area contributed by atoms with Crippen molar-refractivity contribution in [3.05, 3.63) is 21.9 Å². The first-order chi connectivity index (χ1) is 7.20. The largest absolute Gasteiger partial charge is 0.370 e. The van der Waals surface area contributed by atoms with E-state index in [0.717, 1.165) is 10.2 Å². The van der Waals surface area contributed by atoms with Crippen LogP contribution < -0.4 is 4.90 Å². The van der Waals surface area contributed by atoms with Crippen molar-refractivity contribution in [3.8, 4) is 0 Å². The number of nitrogens with zero attached hydrogens (tertiary/aromatic N) is 2. The predicted molar refractivity (Wildman–Crippen MR) is 67.5 cm³/mol. The third kappa shape index (κ3) is 2.17. The molecule has 0 saturated carbocycles. The van der Waals surface area contributed by atoms with Gasteiger partial charge in [0.2, 0.25) is 0 Å². The van der Waals surface area contributed by atoms with Gasteiger partial charge in [0.1, 0.15) is 0 Å². The molecule has 2 nitrogen and oxygen atoms in total. The Bertz CT molecular complexity index is 357. The van der Waals surface area contributed by atoms with Crippen LogP contribution >= 0.6 is 15.9 Å². The molecule has 1 aromatic rings. The summed E-state index contributed by atoms with van der Waals surface area (Å²) >= 11 is 3.61. The minimum atomic E-state index is 1.13. The summed E-state index contributed by atoms with van der Waals surface area (Å²) < 4.78 is 1.13. The summed E-state index contributed by atoms with van der Waals surface area (Å²) in [5.74, 6) is 0. The molecule has 1 aliphatic heterocycles. The van der Waals surface area contributed by atoms with Crippen LogP contribution in [0.2, 0.25) is 0 Å². The molecule has 2 heterocycles. The van der Waals surface area contributed by atoms with Crippen molar-refractivity contribution in [1.29, 1.82) is 0 Å². The molecule has 0 N–H and O–H groups in total. The standard InChI is InChI=1S/C12H17BrN2/c1-9-10(2)14-8-11(13)12(9)15-6-4-3-5-7-15/h8H,3-7H2,1-2H3. The fourth-order valence-corrected chi connectivity index (χ4v) is 2.82. The van der Waals surface area contributed by atoms with E-state index in [-0.39, 0.29) is 0 Å². The van der Waals surface area contributed by atoms with Gasteiger partial charge in [0.05, 0.1) is 10.2 Å². The van der Waals surface area contributed by atoms with Gasteiger partial charge in [-0.25, -0.2) is 0 Å². The molecule has 1 aliphatic rings. The average molecular weight is 269 g/mol. The van der Waals surface area contributed by atoms with Gasteiger partial charge in [0.25, 0.3) is 0 Å². The van der Waals surface area contributed by atoms with Crippen LogP contribution in [-0.2, 0) is 0 Å². The topological polar surface area (TPSA) is 16.1 Å². The first-order valence-electron chi connectivity index (χ1n) is 5.57. The highest BCUT2D eigenvalue weighted by atomic mass is 79.9. The van der Waals surface area contributed by atoms with E-state index in [1.165, 1.54) is 43.6 Å². The Morgan fingerprint density at radius 1 is 1.20 bits per heavy atom. The van der Waals surface area contributed by atoms with Crippen molar-refractivity contribution < 1.29 is 0 Å². The van der Waals surface area contributed by atoms with Gasteiger partial charge in [-0.3, -0.25) is 4.98 Å². The van der Waals surface area contributed by atoms with Crippen molar-refractivity contribution >= 4 is 21.6 Å². The number of halogens is 1. The molecular formula is C12H17BrN2. The number of pyridine rings is 1. The summed E-state index contributed by atoms with van der Waals surface area (Å²) in [4.78, 5) is 6.84. The van der Waals surface area contributed by atoms with Gasteiger partial charge in [0.15, 0.2) is 0 Å². The van der Waals surface area contributed by atoms with E-state index in [0.29, 0.717) is 0 Å². The maximum Gasteiger partial charge on any atom is 0.0595 e. The number of aryl methyl sites for hydroxylation is 1. The average Bonchev–Trinajstić information content (AvgIpc) is 2.26. The second kappa shape index (κ2) is 4.52. The van der Waals surface area contributed by atoms with E-state index >= 15 is 0 Å². The molecule has 0 aromatic carbocycles. The van der Waals surface area contributed by atoms with Crippen LogP contribution in [0.15, 0.2) is 10.7 Å². The van der Waals surface area contributed by atoms with Crippen molar-refractivity contribution in [2.75, 3.05) is 18.0 Å². The highest BCUT2D eigenvalue weighted by Crippen LogP contribution is 2.32. The summed E-state index contributed by atoms with van der Waals surface area (Å²) in [7, 11) is 0. The quantitative estimate of drug-likeness (QED) is 0.776. The molecular weight excluding hydrogens is 252 g/mol. The van der Waals surface area contributed by atoms with Gasteiger partial charge in [-0.2, -0.15) is 0 Å². The SMILES string of the molecule is Cc1ncc(Br)c(N2CCCCC2)c1C. The van der Waals surface area contributed by atoms with Gasteiger partial charge in [0, 0.05) is 25.0 Å². The minimum absolute atomic E-state index is 1.13. The molecule has 0 bridgehead atoms. The lowest BCUT2D eigenvalue weighted by molar-refractivity contribution is 0.576. The Balaban J connectivity index is 2.36. The van der Waals surface area contributed by atoms with Gasteiger partial charge < -0.3 is 4.90 Å². The van der Waals surface area contributed by atoms with Crippen LogP contribution in [0, 0.1) is 13.8 Å². The molecule has 1 saturated heterocycles. The van der Waals surface area contributed by atoms with Gasteiger partial charge in [-0.15, -0.1) is 0 Å². The van der Waals surface area contributed by atoms with Gasteiger partial charge in [-0.1, -0.05) is 0 Å². The molecule has 0 spiro atoms. The van der Waals surface area contributed by atoms with Gasteiger partial charge in [-0.05, 0) is 54.6 Å². The first-order valence-corrected chi connectivity index (χ1v) is 6.36. The van der Waals surface area contributed by atoms with E-state index in [1.807, 2.05) is 6.20 Å². The van der Waals surface area contributed by atoms with E-state index in [9.17, 15) is 0 Å². The number of hydrogen-bond donors (Lipinski definition) is 0. The Kier molecular flexibility index (Phi) is 3.29. The molecule has 1 aromatic heterocycles. The molecule has 82 valence electrons. The number of hydrogen-bond acceptors (Lipinski definition) is 2. The Hall–Kier alpha value is -0.570. The highest BCUT2D eigenvalue weighted by molar-refractivity contribution is 9.10. The van der Waals surface area contributed by atoms with Crippen LogP contribution in [-0.4, -0.2) is 18.1 Å². The lowest BCUT2D eigenvalue weighted by Gasteiger charge is -2.31. The van der Waals surface area contributed by atoms with Crippen LogP contribution in [0.5, 0.6) is 0 Å². The number of anilines is 1. The Morgan fingerprint density at radius 3 is 2.53 bits per heavy atom. The molecule has 15 heavy (non-hydrogen) atoms. The fraction of sp³-hybridized carbons (Fsp3) is 0.583. The molecule has 0 radical (unpaired) electrons. The summed E-state index contributed by atoms with van der Waals surface area (Å²) in [6.07, 6.45) is 5.92. The van der Waals surface area contributed by atoms with E-state index in [1.54, 1.807) is 0 Å². The van der Waals surface area contributed by atoms with Crippen molar-refractivity contribution in [3.63, 3.8) is 0 Å². The van der Waals surface area contributed by atoms with Gasteiger partial charge >= 0.3 is 0 Å². The van der Waals surface area contributed by atoms with E-state index in [4.69, 9.17) is 0 Å². The molecule has 0 unspecified atom stereocenters. The predicted octanol–water partition coefficient (Wildman–Crippen LogP) is 3.45. The van der Waals surface area contributed by atoms with Crippen LogP contribution in [0.25, 0.3) is 0 Å². The Morgan fingerprint density at radius 2 is 1.87 bits per heavy atom. The maximum absolute atomic E-state index is 4.36. The monoisotopic (exact) mass is 268 g/mol. The van der Waals surface area contributed by atoms with Crippen LogP contribution in [0.1, 0.15) is 30.5 Å². The molecule has 0 amide bonds. The normalized spacial score (nSPS) is 16.9.